The molecule has 2 aromatic heterocycles. The Labute approximate surface area is 168 Å². The SMILES string of the molecule is CCN(CC(=O)O)C1CCN(Cc2ccc(-c3nc4ccccc4s3)o2)CC1. The van der Waals surface area contributed by atoms with Crippen LogP contribution in [-0.4, -0.2) is 58.1 Å². The number of likely N-dealkylation sites (tertiary alicyclic amines) is 1. The quantitative estimate of drug-likeness (QED) is 0.649. The molecule has 0 saturated carbocycles. The molecule has 1 fully saturated rings. The topological polar surface area (TPSA) is 69.8 Å². The zero-order chi connectivity index (χ0) is 19.5. The van der Waals surface area contributed by atoms with Crippen LogP contribution < -0.4 is 0 Å². The number of piperidine rings is 1. The molecule has 0 spiro atoms. The average molecular weight is 400 g/mol. The highest BCUT2D eigenvalue weighted by atomic mass is 32.1. The first-order valence-corrected chi connectivity index (χ1v) is 10.6. The minimum Gasteiger partial charge on any atom is -0.480 e. The number of carboxylic acid groups (broad SMARTS) is 1. The van der Waals surface area contributed by atoms with Gasteiger partial charge in [-0.3, -0.25) is 14.6 Å². The molecule has 0 atom stereocenters. The molecule has 3 heterocycles. The summed E-state index contributed by atoms with van der Waals surface area (Å²) in [5.74, 6) is 1.03. The molecule has 0 amide bonds. The Morgan fingerprint density at radius 3 is 2.79 bits per heavy atom. The summed E-state index contributed by atoms with van der Waals surface area (Å²) in [6.45, 7) is 5.63. The van der Waals surface area contributed by atoms with Crippen LogP contribution in [0.4, 0.5) is 0 Å². The standard InChI is InChI=1S/C21H25N3O3S/c1-2-24(14-20(25)26)15-9-11-23(12-10-15)13-16-7-8-18(27-16)21-22-17-5-3-4-6-19(17)28-21/h3-8,15H,2,9-14H2,1H3,(H,25,26). The number of carbonyl (C=O) groups is 1. The highest BCUT2D eigenvalue weighted by Crippen LogP contribution is 2.31. The third-order valence-electron chi connectivity index (χ3n) is 5.36. The summed E-state index contributed by atoms with van der Waals surface area (Å²) in [7, 11) is 0. The van der Waals surface area contributed by atoms with Crippen molar-refractivity contribution < 1.29 is 14.3 Å². The summed E-state index contributed by atoms with van der Waals surface area (Å²) < 4.78 is 7.23. The maximum atomic E-state index is 11.0. The highest BCUT2D eigenvalue weighted by Gasteiger charge is 2.25. The van der Waals surface area contributed by atoms with Crippen LogP contribution in [0, 0.1) is 0 Å². The van der Waals surface area contributed by atoms with Gasteiger partial charge in [-0.2, -0.15) is 0 Å². The predicted octanol–water partition coefficient (Wildman–Crippen LogP) is 3.93. The van der Waals surface area contributed by atoms with Gasteiger partial charge < -0.3 is 9.52 Å². The Morgan fingerprint density at radius 1 is 1.29 bits per heavy atom. The predicted molar refractivity (Wildman–Crippen MR) is 111 cm³/mol. The molecule has 0 radical (unpaired) electrons. The van der Waals surface area contributed by atoms with Crippen molar-refractivity contribution in [2.75, 3.05) is 26.2 Å². The average Bonchev–Trinajstić information content (AvgIpc) is 3.33. The van der Waals surface area contributed by atoms with Crippen molar-refractivity contribution in [2.24, 2.45) is 0 Å². The second kappa shape index (κ2) is 8.43. The van der Waals surface area contributed by atoms with Crippen LogP contribution in [0.2, 0.25) is 0 Å². The second-order valence-corrected chi connectivity index (χ2v) is 8.25. The lowest BCUT2D eigenvalue weighted by Gasteiger charge is -2.37. The number of para-hydroxylation sites is 1. The molecular formula is C21H25N3O3S. The van der Waals surface area contributed by atoms with Gasteiger partial charge in [-0.1, -0.05) is 19.1 Å². The van der Waals surface area contributed by atoms with E-state index in [1.165, 1.54) is 4.70 Å². The van der Waals surface area contributed by atoms with Gasteiger partial charge in [0.05, 0.1) is 23.3 Å². The molecule has 1 aromatic carbocycles. The van der Waals surface area contributed by atoms with E-state index in [0.29, 0.717) is 6.04 Å². The van der Waals surface area contributed by atoms with E-state index in [1.807, 2.05) is 37.3 Å². The van der Waals surface area contributed by atoms with Gasteiger partial charge in [0.1, 0.15) is 5.76 Å². The van der Waals surface area contributed by atoms with E-state index in [0.717, 1.165) is 61.1 Å². The van der Waals surface area contributed by atoms with E-state index >= 15 is 0 Å². The van der Waals surface area contributed by atoms with Crippen molar-refractivity contribution in [3.8, 4) is 10.8 Å². The van der Waals surface area contributed by atoms with Gasteiger partial charge in [0.15, 0.2) is 10.8 Å². The molecular weight excluding hydrogens is 374 g/mol. The van der Waals surface area contributed by atoms with Crippen molar-refractivity contribution in [1.29, 1.82) is 0 Å². The summed E-state index contributed by atoms with van der Waals surface area (Å²) in [5, 5.41) is 9.98. The molecule has 6 nitrogen and oxygen atoms in total. The Bertz CT molecular complexity index is 910. The van der Waals surface area contributed by atoms with Crippen LogP contribution in [0.15, 0.2) is 40.8 Å². The molecule has 1 aliphatic heterocycles. The molecule has 1 saturated heterocycles. The monoisotopic (exact) mass is 399 g/mol. The van der Waals surface area contributed by atoms with Gasteiger partial charge in [0.2, 0.25) is 0 Å². The lowest BCUT2D eigenvalue weighted by molar-refractivity contribution is -0.139. The Morgan fingerprint density at radius 2 is 2.07 bits per heavy atom. The molecule has 1 aliphatic rings. The van der Waals surface area contributed by atoms with E-state index < -0.39 is 5.97 Å². The maximum Gasteiger partial charge on any atom is 0.317 e. The minimum atomic E-state index is -0.748. The second-order valence-electron chi connectivity index (χ2n) is 7.22. The summed E-state index contributed by atoms with van der Waals surface area (Å²) >= 11 is 1.65. The summed E-state index contributed by atoms with van der Waals surface area (Å²) in [4.78, 5) is 20.1. The van der Waals surface area contributed by atoms with Crippen LogP contribution in [0.25, 0.3) is 21.0 Å². The van der Waals surface area contributed by atoms with Gasteiger partial charge in [-0.25, -0.2) is 4.98 Å². The summed E-state index contributed by atoms with van der Waals surface area (Å²) in [6, 6.07) is 12.5. The van der Waals surface area contributed by atoms with Crippen LogP contribution in [0.3, 0.4) is 0 Å². The number of fused-ring (bicyclic) bond motifs is 1. The summed E-state index contributed by atoms with van der Waals surface area (Å²) in [5.41, 5.74) is 1.00. The molecule has 28 heavy (non-hydrogen) atoms. The maximum absolute atomic E-state index is 11.0. The number of carboxylic acids is 1. The minimum absolute atomic E-state index is 0.130. The molecule has 4 rings (SSSR count). The Balaban J connectivity index is 1.35. The molecule has 1 N–H and O–H groups in total. The Hall–Kier alpha value is -2.22. The number of hydrogen-bond acceptors (Lipinski definition) is 6. The van der Waals surface area contributed by atoms with E-state index in [-0.39, 0.29) is 6.54 Å². The first kappa shape index (κ1) is 19.1. The van der Waals surface area contributed by atoms with Crippen LogP contribution in [0.5, 0.6) is 0 Å². The van der Waals surface area contributed by atoms with Crippen LogP contribution in [-0.2, 0) is 11.3 Å². The van der Waals surface area contributed by atoms with Crippen LogP contribution in [0.1, 0.15) is 25.5 Å². The normalized spacial score (nSPS) is 16.2. The number of aliphatic carboxylic acids is 1. The highest BCUT2D eigenvalue weighted by molar-refractivity contribution is 7.21. The number of aromatic nitrogens is 1. The van der Waals surface area contributed by atoms with Crippen molar-refractivity contribution in [1.82, 2.24) is 14.8 Å². The van der Waals surface area contributed by atoms with Crippen molar-refractivity contribution in [2.45, 2.75) is 32.4 Å². The first-order valence-electron chi connectivity index (χ1n) is 9.75. The van der Waals surface area contributed by atoms with Gasteiger partial charge in [0.25, 0.3) is 0 Å². The Kier molecular flexibility index (Phi) is 5.75. The van der Waals surface area contributed by atoms with Gasteiger partial charge in [-0.15, -0.1) is 11.3 Å². The lowest BCUT2D eigenvalue weighted by Crippen LogP contribution is -2.46. The fourth-order valence-corrected chi connectivity index (χ4v) is 4.82. The fraction of sp³-hybridized carbons (Fsp3) is 0.429. The van der Waals surface area contributed by atoms with E-state index in [9.17, 15) is 4.79 Å². The molecule has 7 heteroatoms. The van der Waals surface area contributed by atoms with E-state index in [1.54, 1.807) is 11.3 Å². The van der Waals surface area contributed by atoms with Gasteiger partial charge >= 0.3 is 5.97 Å². The number of benzene rings is 1. The largest absolute Gasteiger partial charge is 0.480 e. The number of thiazole rings is 1. The number of nitrogens with zero attached hydrogens (tertiary/aromatic N) is 3. The zero-order valence-corrected chi connectivity index (χ0v) is 16.8. The van der Waals surface area contributed by atoms with E-state index in [2.05, 4.69) is 20.9 Å². The third-order valence-corrected chi connectivity index (χ3v) is 6.41. The fourth-order valence-electron chi connectivity index (χ4n) is 3.89. The number of likely N-dealkylation sites (N-methyl/N-ethyl adjacent to an activating group) is 1. The van der Waals surface area contributed by atoms with Crippen molar-refractivity contribution >= 4 is 27.5 Å². The van der Waals surface area contributed by atoms with E-state index in [4.69, 9.17) is 9.52 Å². The summed E-state index contributed by atoms with van der Waals surface area (Å²) in [6.07, 6.45) is 1.99. The van der Waals surface area contributed by atoms with Gasteiger partial charge in [0, 0.05) is 19.1 Å². The molecule has 0 aliphatic carbocycles. The molecule has 3 aromatic rings. The lowest BCUT2D eigenvalue weighted by atomic mass is 10.0. The van der Waals surface area contributed by atoms with Crippen molar-refractivity contribution in [3.05, 3.63) is 42.2 Å². The molecule has 148 valence electrons. The smallest absolute Gasteiger partial charge is 0.317 e. The number of furan rings is 1. The van der Waals surface area contributed by atoms with Crippen LogP contribution >= 0.6 is 11.3 Å². The number of rotatable bonds is 7. The zero-order valence-electron chi connectivity index (χ0n) is 16.0. The van der Waals surface area contributed by atoms with Crippen molar-refractivity contribution in [3.63, 3.8) is 0 Å². The molecule has 0 bridgehead atoms. The molecule has 0 unspecified atom stereocenters. The number of hydrogen-bond donors (Lipinski definition) is 1. The third kappa shape index (κ3) is 4.27. The van der Waals surface area contributed by atoms with Gasteiger partial charge in [-0.05, 0) is 43.7 Å². The first-order chi connectivity index (χ1) is 13.6.